The lowest BCUT2D eigenvalue weighted by atomic mass is 9.96. The minimum atomic E-state index is 0.164. The van der Waals surface area contributed by atoms with Crippen LogP contribution < -0.4 is 4.90 Å². The summed E-state index contributed by atoms with van der Waals surface area (Å²) in [5, 5.41) is 5.38. The van der Waals surface area contributed by atoms with E-state index in [1.807, 2.05) is 18.4 Å². The molecule has 1 aliphatic carbocycles. The van der Waals surface area contributed by atoms with Crippen molar-refractivity contribution in [1.29, 1.82) is 0 Å². The number of nitrogens with zero attached hydrogens (tertiary/aromatic N) is 5. The Morgan fingerprint density at radius 2 is 2.15 bits per heavy atom. The normalized spacial score (nSPS) is 19.6. The number of carbonyl (C=O) groups is 1. The zero-order valence-corrected chi connectivity index (χ0v) is 16.3. The molecule has 6 nitrogen and oxygen atoms in total. The average Bonchev–Trinajstić information content (AvgIpc) is 3.39. The Hall–Kier alpha value is -2.28. The van der Waals surface area contributed by atoms with Crippen molar-refractivity contribution in [2.75, 3.05) is 11.4 Å². The number of carbonyl (C=O) groups excluding carboxylic acids is 1. The Labute approximate surface area is 162 Å². The Kier molecular flexibility index (Phi) is 4.19. The monoisotopic (exact) mass is 381 g/mol. The van der Waals surface area contributed by atoms with Crippen LogP contribution >= 0.6 is 11.3 Å². The van der Waals surface area contributed by atoms with Gasteiger partial charge >= 0.3 is 0 Å². The van der Waals surface area contributed by atoms with Gasteiger partial charge in [-0.15, -0.1) is 11.3 Å². The number of rotatable bonds is 4. The van der Waals surface area contributed by atoms with Crippen molar-refractivity contribution < 1.29 is 4.79 Å². The summed E-state index contributed by atoms with van der Waals surface area (Å²) in [5.74, 6) is 1.21. The van der Waals surface area contributed by atoms with E-state index in [2.05, 4.69) is 15.0 Å². The van der Waals surface area contributed by atoms with Gasteiger partial charge in [-0.25, -0.2) is 9.97 Å². The van der Waals surface area contributed by atoms with E-state index in [0.717, 1.165) is 36.5 Å². The molecule has 140 valence electrons. The molecule has 3 aromatic rings. The van der Waals surface area contributed by atoms with Crippen molar-refractivity contribution in [3.05, 3.63) is 34.7 Å². The van der Waals surface area contributed by atoms with E-state index in [1.165, 1.54) is 35.1 Å². The summed E-state index contributed by atoms with van der Waals surface area (Å²) in [4.78, 5) is 26.9. The topological polar surface area (TPSA) is 63.9 Å². The largest absolute Gasteiger partial charge is 0.353 e. The van der Waals surface area contributed by atoms with Crippen LogP contribution in [0.25, 0.3) is 10.2 Å². The fourth-order valence-electron chi connectivity index (χ4n) is 4.52. The van der Waals surface area contributed by atoms with Crippen LogP contribution in [0.3, 0.4) is 0 Å². The van der Waals surface area contributed by atoms with Crippen molar-refractivity contribution in [3.8, 4) is 0 Å². The molecule has 3 aromatic heterocycles. The van der Waals surface area contributed by atoms with E-state index in [4.69, 9.17) is 4.98 Å². The van der Waals surface area contributed by atoms with Gasteiger partial charge in [-0.05, 0) is 44.1 Å². The SMILES string of the molecule is Cn1cc(C(=O)CC2CCCN2c2ncnc3sc4c(c23)CCCC4)cn1. The fraction of sp³-hybridized carbons (Fsp3) is 0.500. The van der Waals surface area contributed by atoms with Gasteiger partial charge in [-0.3, -0.25) is 9.48 Å². The summed E-state index contributed by atoms with van der Waals surface area (Å²) in [6.07, 6.45) is 12.6. The van der Waals surface area contributed by atoms with Gasteiger partial charge in [0.2, 0.25) is 0 Å². The molecule has 27 heavy (non-hydrogen) atoms. The smallest absolute Gasteiger partial charge is 0.168 e. The van der Waals surface area contributed by atoms with E-state index < -0.39 is 0 Å². The quantitative estimate of drug-likeness (QED) is 0.647. The zero-order chi connectivity index (χ0) is 18.4. The highest BCUT2D eigenvalue weighted by molar-refractivity contribution is 7.19. The van der Waals surface area contributed by atoms with E-state index in [0.29, 0.717) is 12.0 Å². The molecule has 0 saturated carbocycles. The zero-order valence-electron chi connectivity index (χ0n) is 15.5. The summed E-state index contributed by atoms with van der Waals surface area (Å²) in [6, 6.07) is 0.204. The first-order chi connectivity index (χ1) is 13.2. The van der Waals surface area contributed by atoms with E-state index in [-0.39, 0.29) is 11.8 Å². The lowest BCUT2D eigenvalue weighted by Crippen LogP contribution is -2.32. The van der Waals surface area contributed by atoms with Crippen molar-refractivity contribution in [2.24, 2.45) is 7.05 Å². The fourth-order valence-corrected chi connectivity index (χ4v) is 5.74. The Morgan fingerprint density at radius 3 is 3.00 bits per heavy atom. The van der Waals surface area contributed by atoms with Gasteiger partial charge in [-0.1, -0.05) is 0 Å². The summed E-state index contributed by atoms with van der Waals surface area (Å²) in [6.45, 7) is 0.960. The number of thiophene rings is 1. The molecule has 0 aromatic carbocycles. The number of hydrogen-bond donors (Lipinski definition) is 0. The van der Waals surface area contributed by atoms with Gasteiger partial charge in [0.15, 0.2) is 5.78 Å². The maximum atomic E-state index is 12.7. The van der Waals surface area contributed by atoms with Crippen LogP contribution in [0.15, 0.2) is 18.7 Å². The van der Waals surface area contributed by atoms with Crippen LogP contribution in [-0.2, 0) is 19.9 Å². The van der Waals surface area contributed by atoms with Crippen molar-refractivity contribution in [3.63, 3.8) is 0 Å². The predicted octanol–water partition coefficient (Wildman–Crippen LogP) is 3.55. The third kappa shape index (κ3) is 2.94. The number of ketones is 1. The van der Waals surface area contributed by atoms with Crippen LogP contribution in [0.5, 0.6) is 0 Å². The molecule has 0 spiro atoms. The van der Waals surface area contributed by atoms with E-state index in [1.54, 1.807) is 23.4 Å². The van der Waals surface area contributed by atoms with E-state index in [9.17, 15) is 4.79 Å². The average molecular weight is 382 g/mol. The molecule has 7 heteroatoms. The summed E-state index contributed by atoms with van der Waals surface area (Å²) >= 11 is 1.83. The van der Waals surface area contributed by atoms with Crippen molar-refractivity contribution >= 4 is 33.2 Å². The predicted molar refractivity (Wildman–Crippen MR) is 107 cm³/mol. The van der Waals surface area contributed by atoms with Crippen LogP contribution in [-0.4, -0.2) is 38.1 Å². The Balaban J connectivity index is 1.48. The number of aryl methyl sites for hydroxylation is 3. The third-order valence-electron chi connectivity index (χ3n) is 5.83. The highest BCUT2D eigenvalue weighted by atomic mass is 32.1. The van der Waals surface area contributed by atoms with Gasteiger partial charge in [0.05, 0.1) is 17.1 Å². The van der Waals surface area contributed by atoms with Gasteiger partial charge < -0.3 is 4.90 Å². The van der Waals surface area contributed by atoms with Crippen molar-refractivity contribution in [1.82, 2.24) is 19.7 Å². The molecular formula is C20H23N5OS. The molecule has 1 saturated heterocycles. The molecule has 1 aliphatic heterocycles. The second kappa shape index (κ2) is 6.71. The highest BCUT2D eigenvalue weighted by Crippen LogP contribution is 2.41. The standard InChI is InChI=1S/C20H23N5OS/c1-24-11-13(10-23-24)16(26)9-14-5-4-8-25(14)19-18-15-6-2-3-7-17(15)27-20(18)22-12-21-19/h10-12,14H,2-9H2,1H3. The molecule has 0 amide bonds. The second-order valence-electron chi connectivity index (χ2n) is 7.61. The molecule has 4 heterocycles. The highest BCUT2D eigenvalue weighted by Gasteiger charge is 2.31. The maximum Gasteiger partial charge on any atom is 0.168 e. The van der Waals surface area contributed by atoms with Crippen LogP contribution in [0.4, 0.5) is 5.82 Å². The molecule has 0 radical (unpaired) electrons. The lowest BCUT2D eigenvalue weighted by Gasteiger charge is -2.26. The number of Topliss-reactive ketones (excluding diaryl/α,β-unsaturated/α-hetero) is 1. The minimum Gasteiger partial charge on any atom is -0.353 e. The molecule has 5 rings (SSSR count). The second-order valence-corrected chi connectivity index (χ2v) is 8.69. The van der Waals surface area contributed by atoms with Crippen LogP contribution in [0.1, 0.15) is 52.9 Å². The molecule has 0 bridgehead atoms. The first-order valence-corrected chi connectivity index (χ1v) is 10.6. The van der Waals surface area contributed by atoms with Crippen molar-refractivity contribution in [2.45, 2.75) is 51.0 Å². The number of fused-ring (bicyclic) bond motifs is 3. The first kappa shape index (κ1) is 16.9. The van der Waals surface area contributed by atoms with Crippen LogP contribution in [0.2, 0.25) is 0 Å². The Bertz CT molecular complexity index is 1010. The van der Waals surface area contributed by atoms with Gasteiger partial charge in [-0.2, -0.15) is 5.10 Å². The third-order valence-corrected chi connectivity index (χ3v) is 7.03. The first-order valence-electron chi connectivity index (χ1n) is 9.74. The number of aromatic nitrogens is 4. The molecular weight excluding hydrogens is 358 g/mol. The summed E-state index contributed by atoms with van der Waals surface area (Å²) in [7, 11) is 1.84. The van der Waals surface area contributed by atoms with E-state index >= 15 is 0 Å². The van der Waals surface area contributed by atoms with Gasteiger partial charge in [0.1, 0.15) is 17.0 Å². The number of hydrogen-bond acceptors (Lipinski definition) is 6. The number of anilines is 1. The molecule has 2 aliphatic rings. The summed E-state index contributed by atoms with van der Waals surface area (Å²) in [5.41, 5.74) is 2.16. The lowest BCUT2D eigenvalue weighted by molar-refractivity contribution is 0.0974. The molecule has 1 fully saturated rings. The van der Waals surface area contributed by atoms with Crippen LogP contribution in [0, 0.1) is 0 Å². The maximum absolute atomic E-state index is 12.7. The Morgan fingerprint density at radius 1 is 1.26 bits per heavy atom. The van der Waals surface area contributed by atoms with Gasteiger partial charge in [0.25, 0.3) is 0 Å². The van der Waals surface area contributed by atoms with Gasteiger partial charge in [0, 0.05) is 37.1 Å². The molecule has 1 unspecified atom stereocenters. The molecule has 1 atom stereocenters. The summed E-state index contributed by atoms with van der Waals surface area (Å²) < 4.78 is 1.69. The molecule has 0 N–H and O–H groups in total. The minimum absolute atomic E-state index is 0.164.